The Bertz CT molecular complexity index is 1580. The number of methoxy groups -OCH3 is 1. The maximum atomic E-state index is 13.6. The van der Waals surface area contributed by atoms with Crippen LogP contribution in [0.3, 0.4) is 0 Å². The molecule has 0 saturated heterocycles. The molecule has 176 valence electrons. The zero-order chi connectivity index (χ0) is 24.4. The fourth-order valence-corrected chi connectivity index (χ4v) is 4.44. The van der Waals surface area contributed by atoms with Crippen LogP contribution in [0.25, 0.3) is 21.9 Å². The second-order valence-electron chi connectivity index (χ2n) is 8.39. The molecule has 35 heavy (non-hydrogen) atoms. The number of hydrogen-bond donors (Lipinski definition) is 1. The number of carbonyl (C=O) groups excluding carboxylic acids is 1. The number of ether oxygens (including phenoxy) is 1. The van der Waals surface area contributed by atoms with E-state index in [2.05, 4.69) is 17.2 Å². The maximum absolute atomic E-state index is 13.6. The summed E-state index contributed by atoms with van der Waals surface area (Å²) in [4.78, 5) is 31.4. The van der Waals surface area contributed by atoms with E-state index in [0.29, 0.717) is 17.6 Å². The summed E-state index contributed by atoms with van der Waals surface area (Å²) >= 11 is 0. The summed E-state index contributed by atoms with van der Waals surface area (Å²) in [5.74, 6) is 0.559. The smallest absolute Gasteiger partial charge is 0.278 e. The van der Waals surface area contributed by atoms with Gasteiger partial charge >= 0.3 is 0 Å². The van der Waals surface area contributed by atoms with Crippen molar-refractivity contribution < 1.29 is 9.53 Å². The van der Waals surface area contributed by atoms with Crippen LogP contribution in [0.15, 0.2) is 83.9 Å². The molecule has 0 radical (unpaired) electrons. The first-order chi connectivity index (χ1) is 17.1. The molecule has 0 spiro atoms. The Labute approximate surface area is 202 Å². The molecule has 3 aromatic carbocycles. The largest absolute Gasteiger partial charge is 0.497 e. The third kappa shape index (κ3) is 4.28. The van der Waals surface area contributed by atoms with Crippen molar-refractivity contribution in [1.82, 2.24) is 14.1 Å². The molecule has 0 saturated carbocycles. The van der Waals surface area contributed by atoms with Crippen molar-refractivity contribution in [2.45, 2.75) is 26.4 Å². The van der Waals surface area contributed by atoms with Crippen molar-refractivity contribution in [3.05, 3.63) is 101 Å². The molecular weight excluding hydrogens is 440 g/mol. The predicted molar refractivity (Wildman–Crippen MR) is 138 cm³/mol. The van der Waals surface area contributed by atoms with Gasteiger partial charge in [0.1, 0.15) is 23.3 Å². The zero-order valence-corrected chi connectivity index (χ0v) is 19.7. The summed E-state index contributed by atoms with van der Waals surface area (Å²) < 4.78 is 8.57. The zero-order valence-electron chi connectivity index (χ0n) is 19.7. The number of aromatic nitrogens is 3. The first-order valence-electron chi connectivity index (χ1n) is 11.6. The lowest BCUT2D eigenvalue weighted by atomic mass is 10.1. The molecule has 0 unspecified atom stereocenters. The molecule has 5 rings (SSSR count). The van der Waals surface area contributed by atoms with Crippen LogP contribution in [0.5, 0.6) is 5.75 Å². The van der Waals surface area contributed by atoms with Gasteiger partial charge in [0, 0.05) is 11.1 Å². The van der Waals surface area contributed by atoms with E-state index in [1.165, 1.54) is 0 Å². The average molecular weight is 467 g/mol. The number of fused-ring (bicyclic) bond motifs is 3. The first kappa shape index (κ1) is 22.4. The van der Waals surface area contributed by atoms with E-state index in [9.17, 15) is 9.59 Å². The summed E-state index contributed by atoms with van der Waals surface area (Å²) in [7, 11) is 1.62. The van der Waals surface area contributed by atoms with Gasteiger partial charge in [0.25, 0.3) is 5.56 Å². The third-order valence-corrected chi connectivity index (χ3v) is 6.22. The van der Waals surface area contributed by atoms with E-state index in [1.807, 2.05) is 72.8 Å². The number of para-hydroxylation sites is 2. The minimum absolute atomic E-state index is 0.00549. The first-order valence-corrected chi connectivity index (χ1v) is 11.6. The molecule has 0 aliphatic rings. The van der Waals surface area contributed by atoms with E-state index in [-0.39, 0.29) is 18.0 Å². The molecular formula is C28H26N4O3. The number of nitrogens with one attached hydrogen (secondary N) is 1. The monoisotopic (exact) mass is 466 g/mol. The lowest BCUT2D eigenvalue weighted by Crippen LogP contribution is -2.25. The van der Waals surface area contributed by atoms with Gasteiger partial charge in [0.15, 0.2) is 0 Å². The van der Waals surface area contributed by atoms with Crippen molar-refractivity contribution in [2.24, 2.45) is 0 Å². The van der Waals surface area contributed by atoms with E-state index in [1.54, 1.807) is 22.6 Å². The van der Waals surface area contributed by atoms with Crippen LogP contribution in [0.1, 0.15) is 18.1 Å². The Morgan fingerprint density at radius 1 is 1.00 bits per heavy atom. The quantitative estimate of drug-likeness (QED) is 0.380. The minimum Gasteiger partial charge on any atom is -0.497 e. The van der Waals surface area contributed by atoms with Crippen LogP contribution in [-0.4, -0.2) is 27.1 Å². The summed E-state index contributed by atoms with van der Waals surface area (Å²) in [6, 6.07) is 23.0. The highest BCUT2D eigenvalue weighted by atomic mass is 16.5. The lowest BCUT2D eigenvalue weighted by molar-refractivity contribution is -0.116. The van der Waals surface area contributed by atoms with Crippen LogP contribution >= 0.6 is 0 Å². The van der Waals surface area contributed by atoms with Gasteiger partial charge in [-0.2, -0.15) is 0 Å². The normalized spacial score (nSPS) is 11.1. The molecule has 0 atom stereocenters. The summed E-state index contributed by atoms with van der Waals surface area (Å²) in [5.41, 5.74) is 4.42. The number of nitrogens with zero attached hydrogens (tertiary/aromatic N) is 3. The van der Waals surface area contributed by atoms with Crippen LogP contribution in [0.2, 0.25) is 0 Å². The summed E-state index contributed by atoms with van der Waals surface area (Å²) in [5, 5.41) is 3.86. The number of carbonyl (C=O) groups is 1. The molecule has 2 heterocycles. The Hall–Kier alpha value is -4.39. The Morgan fingerprint density at radius 2 is 1.74 bits per heavy atom. The minimum atomic E-state index is -0.196. The molecule has 0 bridgehead atoms. The molecule has 2 aromatic heterocycles. The average Bonchev–Trinajstić information content (AvgIpc) is 3.20. The lowest BCUT2D eigenvalue weighted by Gasteiger charge is -2.12. The highest BCUT2D eigenvalue weighted by Gasteiger charge is 2.18. The van der Waals surface area contributed by atoms with Gasteiger partial charge in [-0.3, -0.25) is 14.2 Å². The predicted octanol–water partition coefficient (Wildman–Crippen LogP) is 4.61. The van der Waals surface area contributed by atoms with Crippen molar-refractivity contribution in [1.29, 1.82) is 0 Å². The molecule has 0 fully saturated rings. The SMILES string of the molecule is CCc1ccccc1NC(=O)Cn1c2ccccc2c2ncn(Cc3ccc(OC)cc3)c(=O)c21. The van der Waals surface area contributed by atoms with E-state index in [4.69, 9.17) is 4.74 Å². The van der Waals surface area contributed by atoms with Crippen molar-refractivity contribution >= 4 is 33.5 Å². The number of anilines is 1. The number of benzene rings is 3. The van der Waals surface area contributed by atoms with Crippen molar-refractivity contribution in [3.63, 3.8) is 0 Å². The number of amides is 1. The van der Waals surface area contributed by atoms with Crippen molar-refractivity contribution in [3.8, 4) is 5.75 Å². The Morgan fingerprint density at radius 3 is 2.51 bits per heavy atom. The summed E-state index contributed by atoms with van der Waals surface area (Å²) in [6.45, 7) is 2.42. The van der Waals surface area contributed by atoms with Gasteiger partial charge in [0.2, 0.25) is 5.91 Å². The molecule has 1 N–H and O–H groups in total. The van der Waals surface area contributed by atoms with E-state index < -0.39 is 0 Å². The Balaban J connectivity index is 1.55. The third-order valence-electron chi connectivity index (χ3n) is 6.22. The van der Waals surface area contributed by atoms with Crippen LogP contribution in [0, 0.1) is 0 Å². The number of hydrogen-bond acceptors (Lipinski definition) is 4. The van der Waals surface area contributed by atoms with Gasteiger partial charge in [-0.15, -0.1) is 0 Å². The maximum Gasteiger partial charge on any atom is 0.278 e. The van der Waals surface area contributed by atoms with E-state index >= 15 is 0 Å². The molecule has 1 amide bonds. The molecule has 0 aliphatic heterocycles. The standard InChI is InChI=1S/C28H26N4O3/c1-3-20-8-4-6-10-23(20)30-25(33)17-32-24-11-7-5-9-22(24)26-27(32)28(34)31(18-29-26)16-19-12-14-21(35-2)15-13-19/h4-15,18H,3,16-17H2,1-2H3,(H,30,33). The van der Waals surface area contributed by atoms with Gasteiger partial charge in [-0.1, -0.05) is 55.5 Å². The van der Waals surface area contributed by atoms with Crippen molar-refractivity contribution in [2.75, 3.05) is 12.4 Å². The highest BCUT2D eigenvalue weighted by molar-refractivity contribution is 6.06. The van der Waals surface area contributed by atoms with Crippen LogP contribution in [-0.2, 0) is 24.3 Å². The molecule has 7 heteroatoms. The second kappa shape index (κ2) is 9.46. The summed E-state index contributed by atoms with van der Waals surface area (Å²) in [6.07, 6.45) is 2.38. The van der Waals surface area contributed by atoms with Gasteiger partial charge in [-0.05, 0) is 41.8 Å². The fraction of sp³-hybridized carbons (Fsp3) is 0.179. The number of aryl methyl sites for hydroxylation is 1. The highest BCUT2D eigenvalue weighted by Crippen LogP contribution is 2.26. The van der Waals surface area contributed by atoms with Gasteiger partial charge < -0.3 is 14.6 Å². The van der Waals surface area contributed by atoms with Crippen LogP contribution in [0.4, 0.5) is 5.69 Å². The molecule has 5 aromatic rings. The number of rotatable bonds is 7. The topological polar surface area (TPSA) is 78.2 Å². The fourth-order valence-electron chi connectivity index (χ4n) is 4.44. The molecule has 0 aliphatic carbocycles. The molecule has 7 nitrogen and oxygen atoms in total. The van der Waals surface area contributed by atoms with E-state index in [0.717, 1.165) is 39.9 Å². The van der Waals surface area contributed by atoms with Crippen LogP contribution < -0.4 is 15.6 Å². The second-order valence-corrected chi connectivity index (χ2v) is 8.39. The van der Waals surface area contributed by atoms with Gasteiger partial charge in [0.05, 0.1) is 25.5 Å². The Kier molecular flexibility index (Phi) is 6.06. The van der Waals surface area contributed by atoms with Gasteiger partial charge in [-0.25, -0.2) is 4.98 Å².